The van der Waals surface area contributed by atoms with E-state index in [4.69, 9.17) is 5.73 Å². The lowest BCUT2D eigenvalue weighted by Gasteiger charge is -2.09. The summed E-state index contributed by atoms with van der Waals surface area (Å²) in [4.78, 5) is 10.4. The van der Waals surface area contributed by atoms with E-state index in [1.54, 1.807) is 0 Å². The number of carbonyl (C=O) groups excluding carboxylic acids is 1. The fourth-order valence-electron chi connectivity index (χ4n) is 0.683. The van der Waals surface area contributed by atoms with Gasteiger partial charge in [0.1, 0.15) is 6.61 Å². The summed E-state index contributed by atoms with van der Waals surface area (Å²) >= 11 is 0. The molecule has 0 aromatic carbocycles. The van der Waals surface area contributed by atoms with Crippen LogP contribution in [0.4, 0.5) is 4.79 Å². The van der Waals surface area contributed by atoms with E-state index in [0.29, 0.717) is 6.61 Å². The van der Waals surface area contributed by atoms with Gasteiger partial charge in [0.25, 0.3) is 0 Å². The predicted molar refractivity (Wildman–Crippen MR) is 31.9 cm³/mol. The van der Waals surface area contributed by atoms with Crippen LogP contribution in [0, 0.1) is 0 Å². The molecule has 1 heterocycles. The number of nitrogens with two attached hydrogens (primary N) is 1. The largest absolute Gasteiger partial charge is 0.447 e. The molecule has 4 nitrogen and oxygen atoms in total. The number of nitrogens with one attached hydrogen (secondary N) is 1. The SMILES string of the molecule is CC(N)C1COC(=O)N1. The number of hydrogen-bond acceptors (Lipinski definition) is 3. The van der Waals surface area contributed by atoms with Gasteiger partial charge in [0.05, 0.1) is 6.04 Å². The summed E-state index contributed by atoms with van der Waals surface area (Å²) in [6.07, 6.45) is -0.364. The molecule has 3 N–H and O–H groups in total. The molecule has 2 unspecified atom stereocenters. The van der Waals surface area contributed by atoms with Crippen LogP contribution in [0.25, 0.3) is 0 Å². The lowest BCUT2D eigenvalue weighted by molar-refractivity contribution is 0.176. The zero-order valence-corrected chi connectivity index (χ0v) is 5.26. The summed E-state index contributed by atoms with van der Waals surface area (Å²) in [6.45, 7) is 2.23. The van der Waals surface area contributed by atoms with Crippen molar-refractivity contribution in [2.75, 3.05) is 6.61 Å². The van der Waals surface area contributed by atoms with Crippen molar-refractivity contribution >= 4 is 6.09 Å². The first-order chi connectivity index (χ1) is 4.20. The molecule has 0 aliphatic carbocycles. The van der Waals surface area contributed by atoms with Crippen molar-refractivity contribution in [1.29, 1.82) is 0 Å². The Balaban J connectivity index is 2.39. The van der Waals surface area contributed by atoms with E-state index in [9.17, 15) is 4.79 Å². The molecular weight excluding hydrogens is 120 g/mol. The zero-order chi connectivity index (χ0) is 6.85. The number of ether oxygens (including phenoxy) is 1. The van der Waals surface area contributed by atoms with Crippen molar-refractivity contribution in [2.24, 2.45) is 5.73 Å². The molecule has 1 aliphatic rings. The molecule has 52 valence electrons. The standard InChI is InChI=1S/C5H10N2O2/c1-3(6)4-2-9-5(8)7-4/h3-4H,2,6H2,1H3,(H,7,8). The molecule has 1 saturated heterocycles. The fraction of sp³-hybridized carbons (Fsp3) is 0.800. The van der Waals surface area contributed by atoms with Crippen LogP contribution >= 0.6 is 0 Å². The van der Waals surface area contributed by atoms with Crippen LogP contribution in [-0.4, -0.2) is 24.8 Å². The Labute approximate surface area is 53.4 Å². The second-order valence-electron chi connectivity index (χ2n) is 2.21. The Kier molecular flexibility index (Phi) is 1.57. The molecular formula is C5H10N2O2. The first-order valence-electron chi connectivity index (χ1n) is 2.89. The Bertz CT molecular complexity index is 124. The van der Waals surface area contributed by atoms with E-state index < -0.39 is 0 Å². The molecule has 1 rings (SSSR count). The molecule has 0 aromatic heterocycles. The maximum Gasteiger partial charge on any atom is 0.407 e. The predicted octanol–water partition coefficient (Wildman–Crippen LogP) is -0.558. The Morgan fingerprint density at radius 2 is 2.67 bits per heavy atom. The smallest absolute Gasteiger partial charge is 0.407 e. The monoisotopic (exact) mass is 130 g/mol. The third kappa shape index (κ3) is 1.32. The lowest BCUT2D eigenvalue weighted by Crippen LogP contribution is -2.41. The molecule has 0 saturated carbocycles. The van der Waals surface area contributed by atoms with Gasteiger partial charge >= 0.3 is 6.09 Å². The Morgan fingerprint density at radius 3 is 2.89 bits per heavy atom. The molecule has 1 amide bonds. The molecule has 9 heavy (non-hydrogen) atoms. The molecule has 2 atom stereocenters. The van der Waals surface area contributed by atoms with Gasteiger partial charge in [-0.2, -0.15) is 0 Å². The van der Waals surface area contributed by atoms with Crippen LogP contribution in [0.5, 0.6) is 0 Å². The number of hydrogen-bond donors (Lipinski definition) is 2. The van der Waals surface area contributed by atoms with Crippen LogP contribution < -0.4 is 11.1 Å². The van der Waals surface area contributed by atoms with Crippen molar-refractivity contribution < 1.29 is 9.53 Å². The highest BCUT2D eigenvalue weighted by Gasteiger charge is 2.24. The van der Waals surface area contributed by atoms with Crippen molar-refractivity contribution in [3.8, 4) is 0 Å². The minimum atomic E-state index is -0.364. The minimum absolute atomic E-state index is 0.00231. The van der Waals surface area contributed by atoms with Gasteiger partial charge in [-0.1, -0.05) is 0 Å². The Morgan fingerprint density at radius 1 is 2.00 bits per heavy atom. The molecule has 0 bridgehead atoms. The highest BCUT2D eigenvalue weighted by molar-refractivity contribution is 5.69. The molecule has 4 heteroatoms. The normalized spacial score (nSPS) is 29.1. The summed E-state index contributed by atoms with van der Waals surface area (Å²) in [7, 11) is 0. The summed E-state index contributed by atoms with van der Waals surface area (Å²) in [6, 6.07) is -0.0334. The van der Waals surface area contributed by atoms with Crippen LogP contribution in [0.2, 0.25) is 0 Å². The van der Waals surface area contributed by atoms with E-state index in [-0.39, 0.29) is 18.2 Å². The van der Waals surface area contributed by atoms with E-state index >= 15 is 0 Å². The quantitative estimate of drug-likeness (QED) is 0.500. The number of amides is 1. The fourth-order valence-corrected chi connectivity index (χ4v) is 0.683. The minimum Gasteiger partial charge on any atom is -0.447 e. The van der Waals surface area contributed by atoms with Gasteiger partial charge in [0.15, 0.2) is 0 Å². The summed E-state index contributed by atoms with van der Waals surface area (Å²) in [5.74, 6) is 0. The van der Waals surface area contributed by atoms with E-state index in [0.717, 1.165) is 0 Å². The van der Waals surface area contributed by atoms with Crippen molar-refractivity contribution in [3.05, 3.63) is 0 Å². The second kappa shape index (κ2) is 2.23. The Hall–Kier alpha value is -0.770. The van der Waals surface area contributed by atoms with E-state index in [1.807, 2.05) is 6.92 Å². The molecule has 1 fully saturated rings. The molecule has 0 radical (unpaired) electrons. The second-order valence-corrected chi connectivity index (χ2v) is 2.21. The van der Waals surface area contributed by atoms with E-state index in [1.165, 1.54) is 0 Å². The van der Waals surface area contributed by atoms with Gasteiger partial charge in [0.2, 0.25) is 0 Å². The van der Waals surface area contributed by atoms with E-state index in [2.05, 4.69) is 10.1 Å². The topological polar surface area (TPSA) is 64.3 Å². The summed E-state index contributed by atoms with van der Waals surface area (Å²) in [5, 5.41) is 2.57. The zero-order valence-electron chi connectivity index (χ0n) is 5.26. The van der Waals surface area contributed by atoms with Gasteiger partial charge in [-0.25, -0.2) is 4.79 Å². The average molecular weight is 130 g/mol. The van der Waals surface area contributed by atoms with Gasteiger partial charge in [-0.3, -0.25) is 0 Å². The highest BCUT2D eigenvalue weighted by Crippen LogP contribution is 1.99. The number of alkyl carbamates (subject to hydrolysis) is 1. The first kappa shape index (κ1) is 6.35. The molecule has 0 spiro atoms. The van der Waals surface area contributed by atoms with Crippen LogP contribution in [0.15, 0.2) is 0 Å². The van der Waals surface area contributed by atoms with Crippen molar-refractivity contribution in [2.45, 2.75) is 19.0 Å². The lowest BCUT2D eigenvalue weighted by atomic mass is 10.2. The van der Waals surface area contributed by atoms with Crippen LogP contribution in [-0.2, 0) is 4.74 Å². The van der Waals surface area contributed by atoms with Crippen molar-refractivity contribution in [3.63, 3.8) is 0 Å². The van der Waals surface area contributed by atoms with Crippen molar-refractivity contribution in [1.82, 2.24) is 5.32 Å². The summed E-state index contributed by atoms with van der Waals surface area (Å²) < 4.78 is 4.60. The number of rotatable bonds is 1. The molecule has 1 aliphatic heterocycles. The molecule has 0 aromatic rings. The van der Waals surface area contributed by atoms with Crippen LogP contribution in [0.3, 0.4) is 0 Å². The van der Waals surface area contributed by atoms with Gasteiger partial charge < -0.3 is 15.8 Å². The van der Waals surface area contributed by atoms with Gasteiger partial charge in [-0.15, -0.1) is 0 Å². The van der Waals surface area contributed by atoms with Gasteiger partial charge in [0, 0.05) is 6.04 Å². The highest BCUT2D eigenvalue weighted by atomic mass is 16.6. The van der Waals surface area contributed by atoms with Crippen LogP contribution in [0.1, 0.15) is 6.92 Å². The van der Waals surface area contributed by atoms with Gasteiger partial charge in [-0.05, 0) is 6.92 Å². The third-order valence-corrected chi connectivity index (χ3v) is 1.33. The number of cyclic esters (lactones) is 1. The number of carbonyl (C=O) groups is 1. The maximum atomic E-state index is 10.4. The maximum absolute atomic E-state index is 10.4. The summed E-state index contributed by atoms with van der Waals surface area (Å²) in [5.41, 5.74) is 5.47. The third-order valence-electron chi connectivity index (χ3n) is 1.33. The first-order valence-corrected chi connectivity index (χ1v) is 2.89. The average Bonchev–Trinajstić information content (AvgIpc) is 2.14.